The van der Waals surface area contributed by atoms with Crippen molar-refractivity contribution in [2.45, 2.75) is 45.3 Å². The lowest BCUT2D eigenvalue weighted by Gasteiger charge is -2.33. The summed E-state index contributed by atoms with van der Waals surface area (Å²) in [5.41, 5.74) is 6.06. The van der Waals surface area contributed by atoms with Crippen molar-refractivity contribution in [3.05, 3.63) is 0 Å². The summed E-state index contributed by atoms with van der Waals surface area (Å²) in [5, 5.41) is 0. The molecule has 5 nitrogen and oxygen atoms in total. The van der Waals surface area contributed by atoms with Crippen LogP contribution < -0.4 is 5.73 Å². The summed E-state index contributed by atoms with van der Waals surface area (Å²) in [5.74, 6) is 0.680. The molecule has 0 bridgehead atoms. The van der Waals surface area contributed by atoms with E-state index in [0.29, 0.717) is 12.0 Å². The van der Waals surface area contributed by atoms with Crippen molar-refractivity contribution in [2.24, 2.45) is 10.7 Å². The fourth-order valence-corrected chi connectivity index (χ4v) is 2.91. The summed E-state index contributed by atoms with van der Waals surface area (Å²) >= 11 is 0. The smallest absolute Gasteiger partial charge is 0.191 e. The Morgan fingerprint density at radius 3 is 2.80 bits per heavy atom. The van der Waals surface area contributed by atoms with Crippen LogP contribution in [0.2, 0.25) is 0 Å². The Kier molecular flexibility index (Phi) is 8.13. The highest BCUT2D eigenvalue weighted by Gasteiger charge is 2.19. The SMILES string of the molecule is CC1CN(C(N)=NCCN2CCCCC2C)CCO1.I. The highest BCUT2D eigenvalue weighted by molar-refractivity contribution is 14.0. The van der Waals surface area contributed by atoms with E-state index in [4.69, 9.17) is 10.5 Å². The Morgan fingerprint density at radius 2 is 2.10 bits per heavy atom. The molecule has 20 heavy (non-hydrogen) atoms. The van der Waals surface area contributed by atoms with Crippen molar-refractivity contribution in [2.75, 3.05) is 39.3 Å². The summed E-state index contributed by atoms with van der Waals surface area (Å²) in [6.45, 7) is 9.91. The molecule has 0 saturated carbocycles. The van der Waals surface area contributed by atoms with Gasteiger partial charge in [-0.25, -0.2) is 0 Å². The van der Waals surface area contributed by atoms with Crippen LogP contribution in [0.15, 0.2) is 4.99 Å². The minimum atomic E-state index is 0. The summed E-state index contributed by atoms with van der Waals surface area (Å²) in [7, 11) is 0. The molecule has 0 radical (unpaired) electrons. The van der Waals surface area contributed by atoms with E-state index in [-0.39, 0.29) is 30.1 Å². The van der Waals surface area contributed by atoms with Gasteiger partial charge in [0.25, 0.3) is 0 Å². The predicted octanol–water partition coefficient (Wildman–Crippen LogP) is 1.51. The summed E-state index contributed by atoms with van der Waals surface area (Å²) in [6.07, 6.45) is 4.27. The van der Waals surface area contributed by atoms with Crippen molar-refractivity contribution in [1.82, 2.24) is 9.80 Å². The van der Waals surface area contributed by atoms with E-state index in [9.17, 15) is 0 Å². The molecule has 2 N–H and O–H groups in total. The lowest BCUT2D eigenvalue weighted by Crippen LogP contribution is -2.48. The molecule has 0 amide bonds. The van der Waals surface area contributed by atoms with Gasteiger partial charge in [-0.05, 0) is 33.2 Å². The van der Waals surface area contributed by atoms with Crippen LogP contribution in [0.3, 0.4) is 0 Å². The van der Waals surface area contributed by atoms with Gasteiger partial charge in [-0.2, -0.15) is 0 Å². The van der Waals surface area contributed by atoms with Gasteiger partial charge in [-0.3, -0.25) is 9.89 Å². The third-order valence-corrected chi connectivity index (χ3v) is 4.17. The molecule has 0 aromatic carbocycles. The van der Waals surface area contributed by atoms with Crippen molar-refractivity contribution in [3.63, 3.8) is 0 Å². The zero-order valence-corrected chi connectivity index (χ0v) is 15.1. The van der Waals surface area contributed by atoms with Gasteiger partial charge >= 0.3 is 0 Å². The first-order valence-corrected chi connectivity index (χ1v) is 7.57. The maximum absolute atomic E-state index is 6.06. The number of morpholine rings is 1. The van der Waals surface area contributed by atoms with E-state index >= 15 is 0 Å². The zero-order chi connectivity index (χ0) is 13.7. The van der Waals surface area contributed by atoms with Crippen molar-refractivity contribution >= 4 is 29.9 Å². The van der Waals surface area contributed by atoms with Crippen molar-refractivity contribution in [1.29, 1.82) is 0 Å². The number of halogens is 1. The largest absolute Gasteiger partial charge is 0.375 e. The fraction of sp³-hybridized carbons (Fsp3) is 0.929. The van der Waals surface area contributed by atoms with Gasteiger partial charge in [0.05, 0.1) is 19.3 Å². The molecule has 2 aliphatic heterocycles. The van der Waals surface area contributed by atoms with Gasteiger partial charge in [0, 0.05) is 25.7 Å². The molecular weight excluding hydrogens is 367 g/mol. The number of nitrogens with zero attached hydrogens (tertiary/aromatic N) is 3. The molecule has 0 aromatic heterocycles. The number of ether oxygens (including phenoxy) is 1. The molecule has 2 unspecified atom stereocenters. The van der Waals surface area contributed by atoms with Crippen LogP contribution in [-0.2, 0) is 4.74 Å². The molecule has 0 aromatic rings. The number of aliphatic imine (C=N–C) groups is 1. The second-order valence-electron chi connectivity index (χ2n) is 5.75. The van der Waals surface area contributed by atoms with Crippen LogP contribution in [0, 0.1) is 0 Å². The molecule has 118 valence electrons. The number of piperidine rings is 1. The number of rotatable bonds is 3. The van der Waals surface area contributed by atoms with Crippen LogP contribution in [0.5, 0.6) is 0 Å². The summed E-state index contributed by atoms with van der Waals surface area (Å²) < 4.78 is 5.51. The molecule has 2 aliphatic rings. The highest BCUT2D eigenvalue weighted by Crippen LogP contribution is 2.15. The maximum Gasteiger partial charge on any atom is 0.191 e. The number of nitrogens with two attached hydrogens (primary N) is 1. The Morgan fingerprint density at radius 1 is 1.30 bits per heavy atom. The van der Waals surface area contributed by atoms with Gasteiger partial charge in [0.15, 0.2) is 5.96 Å². The third kappa shape index (κ3) is 5.37. The normalized spacial score (nSPS) is 29.1. The highest BCUT2D eigenvalue weighted by atomic mass is 127. The van der Waals surface area contributed by atoms with Crippen LogP contribution >= 0.6 is 24.0 Å². The Bertz CT molecular complexity index is 314. The monoisotopic (exact) mass is 396 g/mol. The lowest BCUT2D eigenvalue weighted by atomic mass is 10.0. The van der Waals surface area contributed by atoms with Gasteiger partial charge in [0.1, 0.15) is 0 Å². The second-order valence-corrected chi connectivity index (χ2v) is 5.75. The number of hydrogen-bond donors (Lipinski definition) is 1. The van der Waals surface area contributed by atoms with Crippen LogP contribution in [0.25, 0.3) is 0 Å². The molecular formula is C14H29IN4O. The molecule has 2 atom stereocenters. The van der Waals surface area contributed by atoms with Gasteiger partial charge in [0.2, 0.25) is 0 Å². The minimum Gasteiger partial charge on any atom is -0.375 e. The first kappa shape index (κ1) is 18.0. The fourth-order valence-electron chi connectivity index (χ4n) is 2.91. The van der Waals surface area contributed by atoms with Crippen LogP contribution in [0.4, 0.5) is 0 Å². The Hall–Kier alpha value is -0.0800. The van der Waals surface area contributed by atoms with Gasteiger partial charge in [-0.15, -0.1) is 24.0 Å². The van der Waals surface area contributed by atoms with Gasteiger partial charge < -0.3 is 15.4 Å². The Labute approximate surface area is 139 Å². The number of guanidine groups is 1. The molecule has 2 saturated heterocycles. The van der Waals surface area contributed by atoms with Crippen molar-refractivity contribution < 1.29 is 4.74 Å². The molecule has 2 heterocycles. The van der Waals surface area contributed by atoms with Crippen LogP contribution in [0.1, 0.15) is 33.1 Å². The predicted molar refractivity (Wildman–Crippen MR) is 93.8 cm³/mol. The molecule has 0 spiro atoms. The minimum absolute atomic E-state index is 0. The van der Waals surface area contributed by atoms with E-state index in [1.54, 1.807) is 0 Å². The Balaban J connectivity index is 0.00000200. The topological polar surface area (TPSA) is 54.1 Å². The van der Waals surface area contributed by atoms with E-state index < -0.39 is 0 Å². The average molecular weight is 396 g/mol. The molecule has 0 aliphatic carbocycles. The molecule has 2 fully saturated rings. The zero-order valence-electron chi connectivity index (χ0n) is 12.8. The van der Waals surface area contributed by atoms with E-state index in [1.807, 2.05) is 0 Å². The summed E-state index contributed by atoms with van der Waals surface area (Å²) in [4.78, 5) is 9.20. The maximum atomic E-state index is 6.06. The summed E-state index contributed by atoms with van der Waals surface area (Å²) in [6, 6.07) is 0.702. The molecule has 6 heteroatoms. The standard InChI is InChI=1S/C14H28N4O.HI/c1-12-5-3-4-7-17(12)8-6-16-14(15)18-9-10-19-13(2)11-18;/h12-13H,3-11H2,1-2H3,(H2,15,16);1H. The lowest BCUT2D eigenvalue weighted by molar-refractivity contribution is 0.00527. The second kappa shape index (κ2) is 9.04. The van der Waals surface area contributed by atoms with E-state index in [2.05, 4.69) is 28.6 Å². The molecule has 2 rings (SSSR count). The number of hydrogen-bond acceptors (Lipinski definition) is 3. The van der Waals surface area contributed by atoms with Crippen LogP contribution in [-0.4, -0.2) is 67.2 Å². The van der Waals surface area contributed by atoms with E-state index in [1.165, 1.54) is 25.8 Å². The third-order valence-electron chi connectivity index (χ3n) is 4.17. The first-order valence-electron chi connectivity index (χ1n) is 7.57. The first-order chi connectivity index (χ1) is 9.16. The quantitative estimate of drug-likeness (QED) is 0.447. The number of likely N-dealkylation sites (tertiary alicyclic amines) is 1. The van der Waals surface area contributed by atoms with Gasteiger partial charge in [-0.1, -0.05) is 6.42 Å². The van der Waals surface area contributed by atoms with Crippen molar-refractivity contribution in [3.8, 4) is 0 Å². The van der Waals surface area contributed by atoms with E-state index in [0.717, 1.165) is 32.8 Å². The average Bonchev–Trinajstić information content (AvgIpc) is 2.41.